The quantitative estimate of drug-likeness (QED) is 0.795. The molecule has 1 saturated carbocycles. The molecule has 1 aliphatic carbocycles. The average Bonchev–Trinajstić information content (AvgIpc) is 3.27. The Bertz CT molecular complexity index is 581. The van der Waals surface area contributed by atoms with Crippen LogP contribution in [0, 0.1) is 0 Å². The molecule has 23 heavy (non-hydrogen) atoms. The number of nitrogens with one attached hydrogen (secondary N) is 2. The fraction of sp³-hybridized carbons (Fsp3) is 0.733. The van der Waals surface area contributed by atoms with Crippen LogP contribution in [0.1, 0.15) is 44.0 Å². The van der Waals surface area contributed by atoms with Crippen LogP contribution in [0.2, 0.25) is 0 Å². The maximum absolute atomic E-state index is 12.1. The number of amides is 3. The first-order chi connectivity index (χ1) is 11.2. The number of rotatable bonds is 6. The fourth-order valence-corrected chi connectivity index (χ4v) is 2.67. The maximum atomic E-state index is 12.1. The molecule has 0 radical (unpaired) electrons. The summed E-state index contributed by atoms with van der Waals surface area (Å²) in [6, 6.07) is 0.339. The Labute approximate surface area is 135 Å². The Kier molecular flexibility index (Phi) is 4.78. The molecule has 0 bridgehead atoms. The van der Waals surface area contributed by atoms with E-state index < -0.39 is 0 Å². The van der Waals surface area contributed by atoms with Crippen molar-refractivity contribution >= 4 is 11.9 Å². The Balaban J connectivity index is 1.56. The molecule has 126 valence electrons. The molecule has 1 aliphatic heterocycles. The van der Waals surface area contributed by atoms with E-state index >= 15 is 0 Å². The highest BCUT2D eigenvalue weighted by atomic mass is 16.2. The summed E-state index contributed by atoms with van der Waals surface area (Å²) in [5, 5.41) is 14.2. The number of nitrogens with zero attached hydrogens (tertiary/aromatic N) is 4. The van der Waals surface area contributed by atoms with Crippen molar-refractivity contribution in [3.05, 3.63) is 11.4 Å². The van der Waals surface area contributed by atoms with Gasteiger partial charge < -0.3 is 15.5 Å². The minimum absolute atomic E-state index is 0.0447. The van der Waals surface area contributed by atoms with E-state index in [0.717, 1.165) is 30.7 Å². The first-order valence-electron chi connectivity index (χ1n) is 8.40. The molecular weight excluding hydrogens is 296 g/mol. The van der Waals surface area contributed by atoms with E-state index in [2.05, 4.69) is 20.9 Å². The molecular formula is C15H24N6O2. The summed E-state index contributed by atoms with van der Waals surface area (Å²) in [5.41, 5.74) is 1.77. The predicted octanol–water partition coefficient (Wildman–Crippen LogP) is 0.425. The number of aromatic nitrogens is 3. The zero-order chi connectivity index (χ0) is 16.2. The highest BCUT2D eigenvalue weighted by molar-refractivity contribution is 5.77. The van der Waals surface area contributed by atoms with Crippen molar-refractivity contribution in [2.45, 2.75) is 58.2 Å². The molecule has 2 N–H and O–H groups in total. The van der Waals surface area contributed by atoms with Gasteiger partial charge in [-0.2, -0.15) is 0 Å². The third kappa shape index (κ3) is 4.00. The summed E-state index contributed by atoms with van der Waals surface area (Å²) in [6.07, 6.45) is 4.09. The predicted molar refractivity (Wildman–Crippen MR) is 83.6 cm³/mol. The number of hydrogen-bond acceptors (Lipinski definition) is 4. The van der Waals surface area contributed by atoms with Crippen LogP contribution >= 0.6 is 0 Å². The van der Waals surface area contributed by atoms with Gasteiger partial charge in [0, 0.05) is 32.0 Å². The van der Waals surface area contributed by atoms with Crippen LogP contribution in [0.25, 0.3) is 0 Å². The van der Waals surface area contributed by atoms with Crippen LogP contribution in [0.5, 0.6) is 0 Å². The molecule has 3 rings (SSSR count). The highest BCUT2D eigenvalue weighted by Crippen LogP contribution is 2.19. The number of carbonyl (C=O) groups excluding carboxylic acids is 2. The van der Waals surface area contributed by atoms with Gasteiger partial charge in [-0.25, -0.2) is 9.48 Å². The van der Waals surface area contributed by atoms with E-state index in [1.807, 2.05) is 11.6 Å². The SMILES string of the molecule is CCCNC(=O)N1CCn2nnc(CCC(=O)NC3CC3)c2C1. The lowest BCUT2D eigenvalue weighted by Gasteiger charge is -2.27. The molecule has 0 aromatic carbocycles. The molecule has 1 aromatic rings. The van der Waals surface area contributed by atoms with Crippen molar-refractivity contribution in [3.63, 3.8) is 0 Å². The lowest BCUT2D eigenvalue weighted by atomic mass is 10.1. The van der Waals surface area contributed by atoms with Gasteiger partial charge in [0.05, 0.1) is 24.5 Å². The number of aryl methyl sites for hydroxylation is 1. The highest BCUT2D eigenvalue weighted by Gasteiger charge is 2.26. The molecule has 0 atom stereocenters. The Morgan fingerprint density at radius 2 is 2.13 bits per heavy atom. The van der Waals surface area contributed by atoms with E-state index in [4.69, 9.17) is 0 Å². The van der Waals surface area contributed by atoms with E-state index in [0.29, 0.717) is 45.1 Å². The second-order valence-electron chi connectivity index (χ2n) is 6.20. The smallest absolute Gasteiger partial charge is 0.317 e. The van der Waals surface area contributed by atoms with Crippen molar-refractivity contribution in [1.29, 1.82) is 0 Å². The number of carbonyl (C=O) groups is 2. The monoisotopic (exact) mass is 320 g/mol. The fourth-order valence-electron chi connectivity index (χ4n) is 2.67. The van der Waals surface area contributed by atoms with Crippen LogP contribution in [0.15, 0.2) is 0 Å². The van der Waals surface area contributed by atoms with E-state index in [1.165, 1.54) is 0 Å². The Hall–Kier alpha value is -2.12. The zero-order valence-electron chi connectivity index (χ0n) is 13.5. The normalized spacial score (nSPS) is 16.8. The van der Waals surface area contributed by atoms with E-state index in [1.54, 1.807) is 4.90 Å². The summed E-state index contributed by atoms with van der Waals surface area (Å²) in [4.78, 5) is 25.7. The largest absolute Gasteiger partial charge is 0.353 e. The van der Waals surface area contributed by atoms with E-state index in [9.17, 15) is 9.59 Å². The molecule has 0 saturated heterocycles. The van der Waals surface area contributed by atoms with Gasteiger partial charge in [0.25, 0.3) is 0 Å². The Morgan fingerprint density at radius 3 is 2.87 bits per heavy atom. The van der Waals surface area contributed by atoms with Crippen LogP contribution < -0.4 is 10.6 Å². The van der Waals surface area contributed by atoms with Gasteiger partial charge in [-0.1, -0.05) is 12.1 Å². The van der Waals surface area contributed by atoms with Crippen LogP contribution in [0.3, 0.4) is 0 Å². The van der Waals surface area contributed by atoms with Crippen molar-refractivity contribution in [1.82, 2.24) is 30.5 Å². The molecule has 0 unspecified atom stereocenters. The average molecular weight is 320 g/mol. The third-order valence-corrected chi connectivity index (χ3v) is 4.19. The summed E-state index contributed by atoms with van der Waals surface area (Å²) in [6.45, 7) is 4.49. The lowest BCUT2D eigenvalue weighted by Crippen LogP contribution is -2.44. The summed E-state index contributed by atoms with van der Waals surface area (Å²) >= 11 is 0. The van der Waals surface area contributed by atoms with Crippen LogP contribution in [-0.4, -0.2) is 51.0 Å². The molecule has 0 spiro atoms. The molecule has 1 fully saturated rings. The standard InChI is InChI=1S/C15H24N6O2/c1-2-7-16-15(23)20-8-9-21-13(10-20)12(18-19-21)5-6-14(22)17-11-3-4-11/h11H,2-10H2,1H3,(H,16,23)(H,17,22). The lowest BCUT2D eigenvalue weighted by molar-refractivity contribution is -0.121. The molecule has 1 aromatic heterocycles. The van der Waals surface area contributed by atoms with Gasteiger partial charge in [-0.05, 0) is 19.3 Å². The summed E-state index contributed by atoms with van der Waals surface area (Å²) < 4.78 is 1.84. The van der Waals surface area contributed by atoms with Gasteiger partial charge in [0.2, 0.25) is 5.91 Å². The number of fused-ring (bicyclic) bond motifs is 1. The van der Waals surface area contributed by atoms with Gasteiger partial charge >= 0.3 is 6.03 Å². The zero-order valence-corrected chi connectivity index (χ0v) is 13.5. The van der Waals surface area contributed by atoms with Crippen molar-refractivity contribution in [2.75, 3.05) is 13.1 Å². The van der Waals surface area contributed by atoms with E-state index in [-0.39, 0.29) is 11.9 Å². The molecule has 2 aliphatic rings. The number of hydrogen-bond donors (Lipinski definition) is 2. The van der Waals surface area contributed by atoms with Crippen molar-refractivity contribution in [3.8, 4) is 0 Å². The maximum Gasteiger partial charge on any atom is 0.317 e. The first-order valence-corrected chi connectivity index (χ1v) is 8.40. The summed E-state index contributed by atoms with van der Waals surface area (Å²) in [7, 11) is 0. The minimum Gasteiger partial charge on any atom is -0.353 e. The molecule has 8 nitrogen and oxygen atoms in total. The van der Waals surface area contributed by atoms with Crippen LogP contribution in [-0.2, 0) is 24.3 Å². The summed E-state index contributed by atoms with van der Waals surface area (Å²) in [5.74, 6) is 0.0719. The van der Waals surface area contributed by atoms with Crippen LogP contribution in [0.4, 0.5) is 4.79 Å². The molecule has 8 heteroatoms. The molecule has 3 amide bonds. The second kappa shape index (κ2) is 6.97. The van der Waals surface area contributed by atoms with Crippen molar-refractivity contribution in [2.24, 2.45) is 0 Å². The third-order valence-electron chi connectivity index (χ3n) is 4.19. The second-order valence-corrected chi connectivity index (χ2v) is 6.20. The topological polar surface area (TPSA) is 92.2 Å². The number of urea groups is 1. The van der Waals surface area contributed by atoms with Crippen molar-refractivity contribution < 1.29 is 9.59 Å². The van der Waals surface area contributed by atoms with Gasteiger partial charge in [0.15, 0.2) is 0 Å². The minimum atomic E-state index is -0.0447. The van der Waals surface area contributed by atoms with Gasteiger partial charge in [0.1, 0.15) is 0 Å². The Morgan fingerprint density at radius 1 is 1.30 bits per heavy atom. The van der Waals surface area contributed by atoms with Gasteiger partial charge in [-0.3, -0.25) is 4.79 Å². The van der Waals surface area contributed by atoms with Gasteiger partial charge in [-0.15, -0.1) is 5.10 Å². The first kappa shape index (κ1) is 15.8. The molecule has 2 heterocycles.